The summed E-state index contributed by atoms with van der Waals surface area (Å²) < 4.78 is 21.4. The van der Waals surface area contributed by atoms with Gasteiger partial charge in [-0.05, 0) is 12.1 Å². The molecule has 0 amide bonds. The van der Waals surface area contributed by atoms with Crippen molar-refractivity contribution in [3.05, 3.63) is 29.8 Å². The molecule has 10 heteroatoms. The number of carbonyl (C=O) groups excluding carboxylic acids is 2. The Morgan fingerprint density at radius 1 is 1.12 bits per heavy atom. The predicted octanol–water partition coefficient (Wildman–Crippen LogP) is 0.316. The lowest BCUT2D eigenvalue weighted by atomic mass is 10.1. The molecule has 0 unspecified atom stereocenters. The van der Waals surface area contributed by atoms with Gasteiger partial charge in [0.25, 0.3) is 0 Å². The van der Waals surface area contributed by atoms with E-state index in [1.165, 1.54) is 19.1 Å². The standard InChI is InChI=1S/C15H17NO9/c1-8(17)23-10-5-3-2-4-9(10)15(18)24-11-6-21-14-12(25-16(19)20)7-22-13(11)14/h2-5,11-14,19-20H,6-7H2,1H3/t11-,12+,13+,14+/m0/s1. The molecule has 0 spiro atoms. The van der Waals surface area contributed by atoms with Crippen LogP contribution in [-0.2, 0) is 23.8 Å². The molecule has 0 aromatic heterocycles. The zero-order chi connectivity index (χ0) is 18.0. The average Bonchev–Trinajstić information content (AvgIpc) is 3.11. The summed E-state index contributed by atoms with van der Waals surface area (Å²) in [6, 6.07) is 6.20. The van der Waals surface area contributed by atoms with E-state index < -0.39 is 41.7 Å². The summed E-state index contributed by atoms with van der Waals surface area (Å²) in [5.41, 5.74) is 0.101. The number of hydrogen-bond donors (Lipinski definition) is 2. The minimum absolute atomic E-state index is 0.0467. The van der Waals surface area contributed by atoms with Crippen molar-refractivity contribution in [3.8, 4) is 5.75 Å². The molecule has 0 radical (unpaired) electrons. The zero-order valence-corrected chi connectivity index (χ0v) is 13.2. The normalized spacial score (nSPS) is 28.0. The fourth-order valence-electron chi connectivity index (χ4n) is 2.82. The van der Waals surface area contributed by atoms with E-state index in [4.69, 9.17) is 34.2 Å². The van der Waals surface area contributed by atoms with Crippen molar-refractivity contribution in [3.63, 3.8) is 0 Å². The van der Waals surface area contributed by atoms with E-state index >= 15 is 0 Å². The van der Waals surface area contributed by atoms with Crippen LogP contribution >= 0.6 is 0 Å². The molecule has 4 atom stereocenters. The second kappa shape index (κ2) is 7.44. The van der Waals surface area contributed by atoms with Crippen LogP contribution in [0.2, 0.25) is 0 Å². The lowest BCUT2D eigenvalue weighted by Gasteiger charge is -2.18. The van der Waals surface area contributed by atoms with Gasteiger partial charge in [-0.1, -0.05) is 12.1 Å². The number of para-hydroxylation sites is 1. The summed E-state index contributed by atoms with van der Waals surface area (Å²) >= 11 is 0. The molecule has 0 aliphatic carbocycles. The van der Waals surface area contributed by atoms with Crippen molar-refractivity contribution < 1.29 is 43.8 Å². The third-order valence-electron chi connectivity index (χ3n) is 3.81. The average molecular weight is 355 g/mol. The molecule has 1 aromatic rings. The Morgan fingerprint density at radius 3 is 2.44 bits per heavy atom. The Labute approximate surface area is 142 Å². The van der Waals surface area contributed by atoms with Gasteiger partial charge in [0, 0.05) is 6.92 Å². The Morgan fingerprint density at radius 2 is 1.76 bits per heavy atom. The second-order valence-electron chi connectivity index (χ2n) is 5.53. The quantitative estimate of drug-likeness (QED) is 0.433. The smallest absolute Gasteiger partial charge is 0.342 e. The van der Waals surface area contributed by atoms with Crippen molar-refractivity contribution >= 4 is 11.9 Å². The van der Waals surface area contributed by atoms with E-state index in [1.54, 1.807) is 12.1 Å². The number of ether oxygens (including phenoxy) is 4. The molecule has 2 N–H and O–H groups in total. The van der Waals surface area contributed by atoms with Gasteiger partial charge in [-0.25, -0.2) is 9.63 Å². The molecule has 10 nitrogen and oxygen atoms in total. The number of carbonyl (C=O) groups is 2. The molecule has 136 valence electrons. The predicted molar refractivity (Wildman–Crippen MR) is 76.7 cm³/mol. The topological polar surface area (TPSA) is 124 Å². The molecule has 1 aromatic carbocycles. The molecule has 0 bridgehead atoms. The van der Waals surface area contributed by atoms with Crippen molar-refractivity contribution in [2.45, 2.75) is 31.3 Å². The van der Waals surface area contributed by atoms with Gasteiger partial charge in [0.05, 0.1) is 18.6 Å². The Bertz CT molecular complexity index is 650. The van der Waals surface area contributed by atoms with Crippen molar-refractivity contribution in [1.82, 2.24) is 5.39 Å². The fourth-order valence-corrected chi connectivity index (χ4v) is 2.82. The first-order valence-electron chi connectivity index (χ1n) is 7.52. The fraction of sp³-hybridized carbons (Fsp3) is 0.467. The van der Waals surface area contributed by atoms with Gasteiger partial charge in [0.1, 0.15) is 29.6 Å². The van der Waals surface area contributed by atoms with Gasteiger partial charge in [-0.3, -0.25) is 15.2 Å². The highest BCUT2D eigenvalue weighted by molar-refractivity contribution is 5.93. The highest BCUT2D eigenvalue weighted by atomic mass is 17.1. The molecular formula is C15H17NO9. The van der Waals surface area contributed by atoms with Gasteiger partial charge in [0.15, 0.2) is 6.10 Å². The van der Waals surface area contributed by atoms with Crippen LogP contribution < -0.4 is 4.74 Å². The maximum absolute atomic E-state index is 12.4. The first kappa shape index (κ1) is 17.7. The highest BCUT2D eigenvalue weighted by Gasteiger charge is 2.51. The van der Waals surface area contributed by atoms with Crippen LogP contribution in [0.1, 0.15) is 17.3 Å². The SMILES string of the molecule is CC(=O)Oc1ccccc1C(=O)O[C@H]1CO[C@H]2[C@@H]1OC[C@H]2ON(O)O. The third kappa shape index (κ3) is 3.95. The van der Waals surface area contributed by atoms with Crippen LogP contribution in [0, 0.1) is 0 Å². The number of benzene rings is 1. The van der Waals surface area contributed by atoms with E-state index in [0.717, 1.165) is 0 Å². The Kier molecular flexibility index (Phi) is 5.27. The van der Waals surface area contributed by atoms with Gasteiger partial charge in [-0.2, -0.15) is 0 Å². The van der Waals surface area contributed by atoms with E-state index in [2.05, 4.69) is 0 Å². The van der Waals surface area contributed by atoms with Crippen LogP contribution in [-0.4, -0.2) is 65.4 Å². The molecule has 2 heterocycles. The number of fused-ring (bicyclic) bond motifs is 1. The van der Waals surface area contributed by atoms with Gasteiger partial charge < -0.3 is 18.9 Å². The second-order valence-corrected chi connectivity index (χ2v) is 5.53. The number of nitrogens with zero attached hydrogens (tertiary/aromatic N) is 1. The van der Waals surface area contributed by atoms with Gasteiger partial charge >= 0.3 is 11.9 Å². The molecule has 2 saturated heterocycles. The van der Waals surface area contributed by atoms with Crippen LogP contribution in [0.25, 0.3) is 0 Å². The van der Waals surface area contributed by atoms with Crippen molar-refractivity contribution in [1.29, 1.82) is 0 Å². The van der Waals surface area contributed by atoms with E-state index in [0.29, 0.717) is 0 Å². The zero-order valence-electron chi connectivity index (χ0n) is 13.2. The van der Waals surface area contributed by atoms with Crippen LogP contribution in [0.5, 0.6) is 5.75 Å². The maximum Gasteiger partial charge on any atom is 0.342 e. The van der Waals surface area contributed by atoms with Crippen LogP contribution in [0.4, 0.5) is 0 Å². The molecular weight excluding hydrogens is 338 g/mol. The van der Waals surface area contributed by atoms with Gasteiger partial charge in [-0.15, -0.1) is 0 Å². The van der Waals surface area contributed by atoms with Gasteiger partial charge in [0.2, 0.25) is 0 Å². The Balaban J connectivity index is 1.66. The van der Waals surface area contributed by atoms with Crippen LogP contribution in [0.3, 0.4) is 0 Å². The first-order valence-corrected chi connectivity index (χ1v) is 7.52. The molecule has 0 saturated carbocycles. The summed E-state index contributed by atoms with van der Waals surface area (Å²) in [6.45, 7) is 1.34. The summed E-state index contributed by atoms with van der Waals surface area (Å²) in [7, 11) is 0. The summed E-state index contributed by atoms with van der Waals surface area (Å²) in [6.07, 6.45) is -2.66. The molecule has 2 fully saturated rings. The minimum atomic E-state index is -0.739. The van der Waals surface area contributed by atoms with Crippen molar-refractivity contribution in [2.24, 2.45) is 0 Å². The minimum Gasteiger partial charge on any atom is -0.453 e. The van der Waals surface area contributed by atoms with Crippen molar-refractivity contribution in [2.75, 3.05) is 13.2 Å². The lowest BCUT2D eigenvalue weighted by molar-refractivity contribution is -0.507. The molecule has 2 aliphatic heterocycles. The third-order valence-corrected chi connectivity index (χ3v) is 3.81. The highest BCUT2D eigenvalue weighted by Crippen LogP contribution is 2.31. The first-order chi connectivity index (χ1) is 12.0. The van der Waals surface area contributed by atoms with Crippen LogP contribution in [0.15, 0.2) is 24.3 Å². The van der Waals surface area contributed by atoms with E-state index in [9.17, 15) is 9.59 Å². The monoisotopic (exact) mass is 355 g/mol. The summed E-state index contributed by atoms with van der Waals surface area (Å²) in [5.74, 6) is -1.15. The number of rotatable bonds is 5. The number of hydrogen-bond acceptors (Lipinski definition) is 10. The van der Waals surface area contributed by atoms with E-state index in [-0.39, 0.29) is 24.5 Å². The Hall–Kier alpha value is -2.08. The molecule has 2 aliphatic rings. The van der Waals surface area contributed by atoms with E-state index in [1.807, 2.05) is 0 Å². The largest absolute Gasteiger partial charge is 0.453 e. The molecule has 3 rings (SSSR count). The molecule has 25 heavy (non-hydrogen) atoms. The lowest BCUT2D eigenvalue weighted by Crippen LogP contribution is -2.37. The summed E-state index contributed by atoms with van der Waals surface area (Å²) in [5, 5.41) is 17.0. The summed E-state index contributed by atoms with van der Waals surface area (Å²) in [4.78, 5) is 28.3. The maximum atomic E-state index is 12.4. The number of esters is 2.